The number of hydrogen-bond acceptors (Lipinski definition) is 3. The van der Waals surface area contributed by atoms with Gasteiger partial charge in [-0.05, 0) is 18.6 Å². The Morgan fingerprint density at radius 3 is 2.83 bits per heavy atom. The average Bonchev–Trinajstić information content (AvgIpc) is 2.34. The first-order chi connectivity index (χ1) is 8.56. The van der Waals surface area contributed by atoms with Gasteiger partial charge in [-0.1, -0.05) is 6.07 Å². The normalized spacial score (nSPS) is 9.67. The first-order valence-electron chi connectivity index (χ1n) is 5.69. The maximum Gasteiger partial charge on any atom is 0.222 e. The number of rotatable bonds is 5. The second-order valence-electron chi connectivity index (χ2n) is 4.09. The number of benzene rings is 1. The third-order valence-electron chi connectivity index (χ3n) is 2.51. The molecule has 4 nitrogen and oxygen atoms in total. The van der Waals surface area contributed by atoms with Gasteiger partial charge in [-0.15, -0.1) is 0 Å². The number of nitrogens with zero attached hydrogens (tertiary/aromatic N) is 2. The van der Waals surface area contributed by atoms with Gasteiger partial charge >= 0.3 is 0 Å². The van der Waals surface area contributed by atoms with E-state index in [2.05, 4.69) is 5.32 Å². The van der Waals surface area contributed by atoms with Crippen molar-refractivity contribution in [3.63, 3.8) is 0 Å². The maximum absolute atomic E-state index is 13.3. The van der Waals surface area contributed by atoms with Crippen molar-refractivity contribution in [2.45, 2.75) is 12.8 Å². The predicted octanol–water partition coefficient (Wildman–Crippen LogP) is 1.98. The highest BCUT2D eigenvalue weighted by molar-refractivity contribution is 5.75. The largest absolute Gasteiger partial charge is 0.384 e. The zero-order valence-corrected chi connectivity index (χ0v) is 10.5. The number of halogens is 1. The van der Waals surface area contributed by atoms with Crippen molar-refractivity contribution in [3.8, 4) is 6.07 Å². The second kappa shape index (κ2) is 6.60. The molecule has 0 aromatic heterocycles. The van der Waals surface area contributed by atoms with Crippen LogP contribution in [0.2, 0.25) is 0 Å². The summed E-state index contributed by atoms with van der Waals surface area (Å²) < 4.78 is 13.3. The topological polar surface area (TPSA) is 56.1 Å². The lowest BCUT2D eigenvalue weighted by atomic mass is 10.1. The molecule has 0 saturated carbocycles. The van der Waals surface area contributed by atoms with E-state index in [1.807, 2.05) is 6.07 Å². The van der Waals surface area contributed by atoms with Gasteiger partial charge in [-0.3, -0.25) is 4.79 Å². The van der Waals surface area contributed by atoms with Gasteiger partial charge in [0.15, 0.2) is 0 Å². The van der Waals surface area contributed by atoms with Crippen LogP contribution in [0.15, 0.2) is 18.2 Å². The molecule has 0 fully saturated rings. The van der Waals surface area contributed by atoms with Crippen molar-refractivity contribution < 1.29 is 9.18 Å². The summed E-state index contributed by atoms with van der Waals surface area (Å²) in [7, 11) is 3.41. The molecular formula is C13H16FN3O. The number of amides is 1. The van der Waals surface area contributed by atoms with Crippen LogP contribution in [-0.2, 0) is 4.79 Å². The SMILES string of the molecule is CN(C)C(=O)CCCNc1cccc(F)c1C#N. The van der Waals surface area contributed by atoms with Crippen LogP contribution >= 0.6 is 0 Å². The molecule has 96 valence electrons. The molecule has 1 aromatic carbocycles. The van der Waals surface area contributed by atoms with E-state index < -0.39 is 5.82 Å². The highest BCUT2D eigenvalue weighted by Crippen LogP contribution is 2.17. The second-order valence-corrected chi connectivity index (χ2v) is 4.09. The molecule has 18 heavy (non-hydrogen) atoms. The van der Waals surface area contributed by atoms with E-state index >= 15 is 0 Å². The molecule has 0 aliphatic heterocycles. The number of nitriles is 1. The van der Waals surface area contributed by atoms with E-state index in [1.54, 1.807) is 26.2 Å². The minimum Gasteiger partial charge on any atom is -0.384 e. The Labute approximate surface area is 106 Å². The molecule has 1 N–H and O–H groups in total. The zero-order valence-electron chi connectivity index (χ0n) is 10.5. The molecule has 1 rings (SSSR count). The molecule has 0 unspecified atom stereocenters. The lowest BCUT2D eigenvalue weighted by Gasteiger charge is -2.11. The summed E-state index contributed by atoms with van der Waals surface area (Å²) in [5.41, 5.74) is 0.478. The smallest absolute Gasteiger partial charge is 0.222 e. The van der Waals surface area contributed by atoms with Crippen LogP contribution in [0, 0.1) is 17.1 Å². The van der Waals surface area contributed by atoms with Gasteiger partial charge in [-0.25, -0.2) is 4.39 Å². The summed E-state index contributed by atoms with van der Waals surface area (Å²) >= 11 is 0. The number of nitrogens with one attached hydrogen (secondary N) is 1. The average molecular weight is 249 g/mol. The third kappa shape index (κ3) is 3.74. The Bertz CT molecular complexity index is 466. The Morgan fingerprint density at radius 1 is 1.50 bits per heavy atom. The van der Waals surface area contributed by atoms with Crippen LogP contribution in [0.25, 0.3) is 0 Å². The van der Waals surface area contributed by atoms with Gasteiger partial charge in [0, 0.05) is 27.1 Å². The number of carbonyl (C=O) groups excluding carboxylic acids is 1. The molecule has 0 radical (unpaired) electrons. The van der Waals surface area contributed by atoms with Crippen LogP contribution in [0.4, 0.5) is 10.1 Å². The first-order valence-corrected chi connectivity index (χ1v) is 5.69. The predicted molar refractivity (Wildman–Crippen MR) is 67.5 cm³/mol. The monoisotopic (exact) mass is 249 g/mol. The highest BCUT2D eigenvalue weighted by atomic mass is 19.1. The van der Waals surface area contributed by atoms with E-state index in [-0.39, 0.29) is 11.5 Å². The van der Waals surface area contributed by atoms with Gasteiger partial charge in [0.05, 0.1) is 5.69 Å². The van der Waals surface area contributed by atoms with Gasteiger partial charge in [0.2, 0.25) is 5.91 Å². The minimum atomic E-state index is -0.535. The fraction of sp³-hybridized carbons (Fsp3) is 0.385. The standard InChI is InChI=1S/C13H16FN3O/c1-17(2)13(18)7-4-8-16-12-6-3-5-11(14)10(12)9-15/h3,5-6,16H,4,7-8H2,1-2H3. The van der Waals surface area contributed by atoms with Crippen molar-refractivity contribution in [3.05, 3.63) is 29.6 Å². The van der Waals surface area contributed by atoms with E-state index in [4.69, 9.17) is 5.26 Å². The first kappa shape index (κ1) is 14.0. The van der Waals surface area contributed by atoms with Crippen LogP contribution in [0.5, 0.6) is 0 Å². The minimum absolute atomic E-state index is 0.0106. The lowest BCUT2D eigenvalue weighted by molar-refractivity contribution is -0.128. The van der Waals surface area contributed by atoms with Gasteiger partial charge in [-0.2, -0.15) is 5.26 Å². The molecule has 1 amide bonds. The van der Waals surface area contributed by atoms with Gasteiger partial charge < -0.3 is 10.2 Å². The highest BCUT2D eigenvalue weighted by Gasteiger charge is 2.07. The van der Waals surface area contributed by atoms with E-state index in [0.717, 1.165) is 0 Å². The Hall–Kier alpha value is -2.09. The third-order valence-corrected chi connectivity index (χ3v) is 2.51. The van der Waals surface area contributed by atoms with Crippen molar-refractivity contribution in [2.75, 3.05) is 26.0 Å². The molecule has 5 heteroatoms. The Kier molecular flexibility index (Phi) is 5.12. The summed E-state index contributed by atoms with van der Waals surface area (Å²) in [6.07, 6.45) is 1.07. The van der Waals surface area contributed by atoms with Crippen LogP contribution < -0.4 is 5.32 Å². The molecule has 0 aliphatic carbocycles. The molecule has 0 spiro atoms. The summed E-state index contributed by atoms with van der Waals surface area (Å²) in [6.45, 7) is 0.526. The van der Waals surface area contributed by atoms with Crippen molar-refractivity contribution >= 4 is 11.6 Å². The molecular weight excluding hydrogens is 233 g/mol. The maximum atomic E-state index is 13.3. The summed E-state index contributed by atoms with van der Waals surface area (Å²) in [4.78, 5) is 12.8. The quantitative estimate of drug-likeness (QED) is 0.812. The molecule has 0 bridgehead atoms. The van der Waals surface area contributed by atoms with E-state index in [1.165, 1.54) is 11.0 Å². The molecule has 0 heterocycles. The van der Waals surface area contributed by atoms with E-state index in [9.17, 15) is 9.18 Å². The molecule has 1 aromatic rings. The molecule has 0 aliphatic rings. The molecule has 0 atom stereocenters. The Balaban J connectivity index is 2.48. The number of anilines is 1. The van der Waals surface area contributed by atoms with Crippen LogP contribution in [-0.4, -0.2) is 31.4 Å². The van der Waals surface area contributed by atoms with Crippen molar-refractivity contribution in [1.29, 1.82) is 5.26 Å². The van der Waals surface area contributed by atoms with Crippen LogP contribution in [0.3, 0.4) is 0 Å². The molecule has 0 saturated heterocycles. The Morgan fingerprint density at radius 2 is 2.22 bits per heavy atom. The zero-order chi connectivity index (χ0) is 13.5. The van der Waals surface area contributed by atoms with Crippen molar-refractivity contribution in [1.82, 2.24) is 4.90 Å². The number of hydrogen-bond donors (Lipinski definition) is 1. The fourth-order valence-corrected chi connectivity index (χ4v) is 1.47. The summed E-state index contributed by atoms with van der Waals surface area (Å²) in [5.74, 6) is -0.483. The number of carbonyl (C=O) groups is 1. The fourth-order valence-electron chi connectivity index (χ4n) is 1.47. The van der Waals surface area contributed by atoms with Crippen LogP contribution in [0.1, 0.15) is 18.4 Å². The summed E-state index contributed by atoms with van der Waals surface area (Å²) in [6, 6.07) is 6.26. The van der Waals surface area contributed by atoms with Gasteiger partial charge in [0.25, 0.3) is 0 Å². The van der Waals surface area contributed by atoms with Crippen molar-refractivity contribution in [2.24, 2.45) is 0 Å². The lowest BCUT2D eigenvalue weighted by Crippen LogP contribution is -2.22. The summed E-state index contributed by atoms with van der Waals surface area (Å²) in [5, 5.41) is 11.8. The van der Waals surface area contributed by atoms with E-state index in [0.29, 0.717) is 25.1 Å². The van der Waals surface area contributed by atoms with Gasteiger partial charge in [0.1, 0.15) is 17.4 Å².